The molecule has 0 fully saturated rings. The van der Waals surface area contributed by atoms with E-state index < -0.39 is 11.8 Å². The van der Waals surface area contributed by atoms with Crippen LogP contribution in [0.15, 0.2) is 36.4 Å². The van der Waals surface area contributed by atoms with Gasteiger partial charge in [0.1, 0.15) is 5.82 Å². The molecule has 2 aromatic rings. The third kappa shape index (κ3) is 2.36. The van der Waals surface area contributed by atoms with Crippen molar-refractivity contribution in [2.75, 3.05) is 0 Å². The predicted molar refractivity (Wildman–Crippen MR) is 68.5 cm³/mol. The van der Waals surface area contributed by atoms with Gasteiger partial charge in [-0.2, -0.15) is 0 Å². The fourth-order valence-electron chi connectivity index (χ4n) is 1.75. The van der Waals surface area contributed by atoms with Crippen LogP contribution in [-0.4, -0.2) is 11.1 Å². The zero-order valence-corrected chi connectivity index (χ0v) is 10.3. The highest BCUT2D eigenvalue weighted by molar-refractivity contribution is 6.31. The van der Waals surface area contributed by atoms with Gasteiger partial charge in [0.2, 0.25) is 0 Å². The smallest absolute Gasteiger partial charge is 0.336 e. The van der Waals surface area contributed by atoms with Crippen LogP contribution in [0.4, 0.5) is 4.39 Å². The molecule has 0 saturated heterocycles. The standard InChI is InChI=1S/C14H10ClFO2/c1-8-2-4-10(14(17)18)11(6-8)9-3-5-13(16)12(15)7-9/h2-7H,1H3,(H,17,18). The van der Waals surface area contributed by atoms with Crippen LogP contribution in [0.5, 0.6) is 0 Å². The minimum Gasteiger partial charge on any atom is -0.478 e. The quantitative estimate of drug-likeness (QED) is 0.885. The number of aryl methyl sites for hydroxylation is 1. The van der Waals surface area contributed by atoms with Crippen molar-refractivity contribution in [1.82, 2.24) is 0 Å². The predicted octanol–water partition coefficient (Wildman–Crippen LogP) is 4.15. The van der Waals surface area contributed by atoms with Crippen molar-refractivity contribution in [1.29, 1.82) is 0 Å². The van der Waals surface area contributed by atoms with Crippen molar-refractivity contribution < 1.29 is 14.3 Å². The van der Waals surface area contributed by atoms with Gasteiger partial charge < -0.3 is 5.11 Å². The highest BCUT2D eigenvalue weighted by Gasteiger charge is 2.13. The molecule has 0 aromatic heterocycles. The number of carbonyl (C=O) groups is 1. The Bertz CT molecular complexity index is 623. The Hall–Kier alpha value is -1.87. The number of hydrogen-bond donors (Lipinski definition) is 1. The molecule has 0 aliphatic carbocycles. The Labute approximate surface area is 109 Å². The van der Waals surface area contributed by atoms with E-state index in [-0.39, 0.29) is 10.6 Å². The lowest BCUT2D eigenvalue weighted by Crippen LogP contribution is -2.00. The lowest BCUT2D eigenvalue weighted by Gasteiger charge is -2.08. The number of carboxylic acids is 1. The molecule has 18 heavy (non-hydrogen) atoms. The average molecular weight is 265 g/mol. The third-order valence-corrected chi connectivity index (χ3v) is 2.93. The first-order valence-electron chi connectivity index (χ1n) is 5.28. The van der Waals surface area contributed by atoms with E-state index >= 15 is 0 Å². The lowest BCUT2D eigenvalue weighted by molar-refractivity contribution is 0.0697. The molecule has 2 aromatic carbocycles. The van der Waals surface area contributed by atoms with Crippen LogP contribution in [0, 0.1) is 12.7 Å². The molecule has 0 radical (unpaired) electrons. The van der Waals surface area contributed by atoms with Crippen LogP contribution in [-0.2, 0) is 0 Å². The summed E-state index contributed by atoms with van der Waals surface area (Å²) in [5, 5.41) is 9.11. The minimum absolute atomic E-state index is 0.0228. The van der Waals surface area contributed by atoms with Gasteiger partial charge >= 0.3 is 5.97 Å². The van der Waals surface area contributed by atoms with Gasteiger partial charge in [0.25, 0.3) is 0 Å². The summed E-state index contributed by atoms with van der Waals surface area (Å²) < 4.78 is 13.1. The van der Waals surface area contributed by atoms with Crippen LogP contribution >= 0.6 is 11.6 Å². The van der Waals surface area contributed by atoms with E-state index in [9.17, 15) is 9.18 Å². The van der Waals surface area contributed by atoms with Crippen molar-refractivity contribution >= 4 is 17.6 Å². The maximum Gasteiger partial charge on any atom is 0.336 e. The van der Waals surface area contributed by atoms with Crippen molar-refractivity contribution in [2.45, 2.75) is 6.92 Å². The number of benzene rings is 2. The number of rotatable bonds is 2. The van der Waals surface area contributed by atoms with E-state index in [1.165, 1.54) is 24.3 Å². The summed E-state index contributed by atoms with van der Waals surface area (Å²) >= 11 is 5.71. The molecule has 0 aliphatic rings. The van der Waals surface area contributed by atoms with Crippen LogP contribution in [0.1, 0.15) is 15.9 Å². The molecular formula is C14H10ClFO2. The Morgan fingerprint density at radius 1 is 1.22 bits per heavy atom. The number of aromatic carboxylic acids is 1. The van der Waals surface area contributed by atoms with Crippen molar-refractivity contribution in [3.8, 4) is 11.1 Å². The molecule has 2 nitrogen and oxygen atoms in total. The van der Waals surface area contributed by atoms with Gasteiger partial charge in [0.05, 0.1) is 10.6 Å². The summed E-state index contributed by atoms with van der Waals surface area (Å²) in [5.74, 6) is -1.55. The van der Waals surface area contributed by atoms with E-state index in [1.54, 1.807) is 12.1 Å². The second-order valence-electron chi connectivity index (χ2n) is 3.98. The van der Waals surface area contributed by atoms with Gasteiger partial charge in [0, 0.05) is 0 Å². The Morgan fingerprint density at radius 3 is 2.56 bits per heavy atom. The maximum absolute atomic E-state index is 13.1. The molecule has 92 valence electrons. The molecule has 0 amide bonds. The first-order chi connectivity index (χ1) is 8.49. The van der Waals surface area contributed by atoms with E-state index in [2.05, 4.69) is 0 Å². The zero-order chi connectivity index (χ0) is 13.3. The monoisotopic (exact) mass is 264 g/mol. The van der Waals surface area contributed by atoms with Gasteiger partial charge in [0.15, 0.2) is 0 Å². The minimum atomic E-state index is -1.02. The molecule has 0 saturated carbocycles. The maximum atomic E-state index is 13.1. The third-order valence-electron chi connectivity index (χ3n) is 2.64. The van der Waals surface area contributed by atoms with Gasteiger partial charge in [-0.1, -0.05) is 35.4 Å². The normalized spacial score (nSPS) is 10.4. The second kappa shape index (κ2) is 4.78. The van der Waals surface area contributed by atoms with Crippen molar-refractivity contribution in [3.63, 3.8) is 0 Å². The second-order valence-corrected chi connectivity index (χ2v) is 4.39. The van der Waals surface area contributed by atoms with Gasteiger partial charge in [-0.25, -0.2) is 9.18 Å². The summed E-state index contributed by atoms with van der Waals surface area (Å²) in [6.45, 7) is 1.86. The summed E-state index contributed by atoms with van der Waals surface area (Å²) in [4.78, 5) is 11.2. The zero-order valence-electron chi connectivity index (χ0n) is 9.58. The summed E-state index contributed by atoms with van der Waals surface area (Å²) in [6, 6.07) is 9.17. The Balaban J connectivity index is 2.65. The molecule has 0 bridgehead atoms. The van der Waals surface area contributed by atoms with Gasteiger partial charge in [-0.3, -0.25) is 0 Å². The molecular weight excluding hydrogens is 255 g/mol. The Kier molecular flexibility index (Phi) is 3.34. The van der Waals surface area contributed by atoms with Crippen molar-refractivity contribution in [3.05, 3.63) is 58.4 Å². The van der Waals surface area contributed by atoms with Gasteiger partial charge in [-0.05, 0) is 36.2 Å². The van der Waals surface area contributed by atoms with E-state index in [1.807, 2.05) is 6.92 Å². The SMILES string of the molecule is Cc1ccc(C(=O)O)c(-c2ccc(F)c(Cl)c2)c1. The summed E-state index contributed by atoms with van der Waals surface area (Å²) in [5.41, 5.74) is 2.21. The first kappa shape index (κ1) is 12.6. The molecule has 4 heteroatoms. The molecule has 2 rings (SSSR count). The average Bonchev–Trinajstić information content (AvgIpc) is 2.32. The first-order valence-corrected chi connectivity index (χ1v) is 5.66. The highest BCUT2D eigenvalue weighted by Crippen LogP contribution is 2.28. The molecule has 0 spiro atoms. The van der Waals surface area contributed by atoms with Crippen LogP contribution < -0.4 is 0 Å². The number of hydrogen-bond acceptors (Lipinski definition) is 1. The molecule has 0 heterocycles. The molecule has 0 aliphatic heterocycles. The van der Waals surface area contributed by atoms with Gasteiger partial charge in [-0.15, -0.1) is 0 Å². The number of carboxylic acid groups (broad SMARTS) is 1. The highest BCUT2D eigenvalue weighted by atomic mass is 35.5. The van der Waals surface area contributed by atoms with E-state index in [0.29, 0.717) is 11.1 Å². The van der Waals surface area contributed by atoms with E-state index in [4.69, 9.17) is 16.7 Å². The largest absolute Gasteiger partial charge is 0.478 e. The Morgan fingerprint density at radius 2 is 1.94 bits per heavy atom. The number of halogens is 2. The summed E-state index contributed by atoms with van der Waals surface area (Å²) in [7, 11) is 0. The van der Waals surface area contributed by atoms with E-state index in [0.717, 1.165) is 5.56 Å². The summed E-state index contributed by atoms with van der Waals surface area (Å²) in [6.07, 6.45) is 0. The van der Waals surface area contributed by atoms with Crippen LogP contribution in [0.25, 0.3) is 11.1 Å². The lowest BCUT2D eigenvalue weighted by atomic mass is 9.97. The molecule has 0 atom stereocenters. The molecule has 0 unspecified atom stereocenters. The fourth-order valence-corrected chi connectivity index (χ4v) is 1.93. The molecule has 1 N–H and O–H groups in total. The fraction of sp³-hybridized carbons (Fsp3) is 0.0714. The van der Waals surface area contributed by atoms with Crippen molar-refractivity contribution in [2.24, 2.45) is 0 Å². The topological polar surface area (TPSA) is 37.3 Å². The van der Waals surface area contributed by atoms with Crippen LogP contribution in [0.2, 0.25) is 5.02 Å². The van der Waals surface area contributed by atoms with Crippen LogP contribution in [0.3, 0.4) is 0 Å².